The van der Waals surface area contributed by atoms with Crippen LogP contribution in [0.2, 0.25) is 0 Å². The Balaban J connectivity index is 2.21. The van der Waals surface area contributed by atoms with Gasteiger partial charge in [-0.05, 0) is 25.5 Å². The molecule has 2 aromatic rings. The molecule has 5 heteroatoms. The van der Waals surface area contributed by atoms with E-state index in [4.69, 9.17) is 18.0 Å². The lowest BCUT2D eigenvalue weighted by Crippen LogP contribution is -2.16. The number of benzene rings is 1. The van der Waals surface area contributed by atoms with Gasteiger partial charge in [-0.2, -0.15) is 5.10 Å². The molecule has 19 heavy (non-hydrogen) atoms. The smallest absolute Gasteiger partial charge is 0.159 e. The van der Waals surface area contributed by atoms with Crippen molar-refractivity contribution in [3.05, 3.63) is 53.2 Å². The van der Waals surface area contributed by atoms with Gasteiger partial charge in [-0.1, -0.05) is 42.0 Å². The summed E-state index contributed by atoms with van der Waals surface area (Å²) in [7, 11) is 0. The molecule has 3 N–H and O–H groups in total. The molecule has 0 spiro atoms. The van der Waals surface area contributed by atoms with Crippen molar-refractivity contribution >= 4 is 23.0 Å². The van der Waals surface area contributed by atoms with Crippen LogP contribution < -0.4 is 11.1 Å². The zero-order valence-corrected chi connectivity index (χ0v) is 11.7. The molecule has 0 saturated carbocycles. The summed E-state index contributed by atoms with van der Waals surface area (Å²) in [6.07, 6.45) is 1.58. The van der Waals surface area contributed by atoms with E-state index in [0.29, 0.717) is 16.4 Å². The second-order valence-electron chi connectivity index (χ2n) is 4.43. The first-order valence-corrected chi connectivity index (χ1v) is 6.43. The molecule has 0 saturated heterocycles. The van der Waals surface area contributed by atoms with Gasteiger partial charge in [0.25, 0.3) is 0 Å². The highest BCUT2D eigenvalue weighted by molar-refractivity contribution is 7.80. The van der Waals surface area contributed by atoms with Crippen molar-refractivity contribution in [2.45, 2.75) is 19.9 Å². The lowest BCUT2D eigenvalue weighted by atomic mass is 10.1. The van der Waals surface area contributed by atoms with Crippen molar-refractivity contribution < 1.29 is 0 Å². The Hall–Kier alpha value is -2.01. The highest BCUT2D eigenvalue weighted by Crippen LogP contribution is 2.20. The summed E-state index contributed by atoms with van der Waals surface area (Å²) in [5, 5.41) is 11.2. The van der Waals surface area contributed by atoms with Crippen molar-refractivity contribution in [2.75, 3.05) is 5.32 Å². The average molecular weight is 272 g/mol. The second-order valence-corrected chi connectivity index (χ2v) is 4.87. The van der Waals surface area contributed by atoms with Crippen LogP contribution >= 0.6 is 12.2 Å². The zero-order chi connectivity index (χ0) is 13.8. The van der Waals surface area contributed by atoms with E-state index in [-0.39, 0.29) is 6.04 Å². The Morgan fingerprint density at radius 1 is 1.26 bits per heavy atom. The quantitative estimate of drug-likeness (QED) is 0.838. The van der Waals surface area contributed by atoms with Crippen LogP contribution in [0.4, 0.5) is 5.82 Å². The molecule has 0 aliphatic carbocycles. The molecule has 0 amide bonds. The van der Waals surface area contributed by atoms with E-state index in [1.165, 1.54) is 11.1 Å². The number of aromatic nitrogens is 2. The highest BCUT2D eigenvalue weighted by atomic mass is 32.1. The van der Waals surface area contributed by atoms with E-state index in [0.717, 1.165) is 0 Å². The Labute approximate surface area is 118 Å². The third kappa shape index (κ3) is 3.26. The zero-order valence-electron chi connectivity index (χ0n) is 10.9. The third-order valence-corrected chi connectivity index (χ3v) is 3.14. The van der Waals surface area contributed by atoms with E-state index in [9.17, 15) is 0 Å². The SMILES string of the molecule is Cc1ccc(C(C)Nc2nnccc2C(N)=S)cc1. The molecule has 1 heterocycles. The number of hydrogen-bond donors (Lipinski definition) is 2. The van der Waals surface area contributed by atoms with Gasteiger partial charge in [-0.3, -0.25) is 0 Å². The van der Waals surface area contributed by atoms with Gasteiger partial charge >= 0.3 is 0 Å². The van der Waals surface area contributed by atoms with Gasteiger partial charge < -0.3 is 11.1 Å². The molecule has 98 valence electrons. The van der Waals surface area contributed by atoms with Crippen LogP contribution in [0.3, 0.4) is 0 Å². The fraction of sp³-hybridized carbons (Fsp3) is 0.214. The third-order valence-electron chi connectivity index (χ3n) is 2.92. The maximum Gasteiger partial charge on any atom is 0.159 e. The molecule has 0 aliphatic heterocycles. The normalized spacial score (nSPS) is 11.9. The monoisotopic (exact) mass is 272 g/mol. The fourth-order valence-corrected chi connectivity index (χ4v) is 1.95. The Morgan fingerprint density at radius 3 is 2.58 bits per heavy atom. The summed E-state index contributed by atoms with van der Waals surface area (Å²) >= 11 is 5.01. The Kier molecular flexibility index (Phi) is 4.06. The van der Waals surface area contributed by atoms with Gasteiger partial charge in [0.1, 0.15) is 4.99 Å². The first-order valence-electron chi connectivity index (χ1n) is 6.02. The standard InChI is InChI=1S/C14H16N4S/c1-9-3-5-11(6-4-9)10(2)17-14-12(13(15)19)7-8-16-18-14/h3-8,10H,1-2H3,(H2,15,19)(H,17,18). The molecular formula is C14H16N4S. The number of aryl methyl sites for hydroxylation is 1. The Bertz CT molecular complexity index is 580. The van der Waals surface area contributed by atoms with E-state index in [2.05, 4.69) is 53.6 Å². The molecule has 1 aromatic carbocycles. The minimum atomic E-state index is 0.102. The number of nitrogens with one attached hydrogen (secondary N) is 1. The van der Waals surface area contributed by atoms with Gasteiger partial charge in [0.05, 0.1) is 17.8 Å². The summed E-state index contributed by atoms with van der Waals surface area (Å²) in [6, 6.07) is 10.2. The summed E-state index contributed by atoms with van der Waals surface area (Å²) in [4.78, 5) is 0.313. The number of nitrogens with zero attached hydrogens (tertiary/aromatic N) is 2. The van der Waals surface area contributed by atoms with Gasteiger partial charge in [-0.15, -0.1) is 5.10 Å². The summed E-state index contributed by atoms with van der Waals surface area (Å²) in [5.74, 6) is 0.614. The number of anilines is 1. The minimum Gasteiger partial charge on any atom is -0.389 e. The molecule has 0 aliphatic rings. The van der Waals surface area contributed by atoms with E-state index in [1.807, 2.05) is 0 Å². The molecular weight excluding hydrogens is 256 g/mol. The lowest BCUT2D eigenvalue weighted by molar-refractivity contribution is 0.859. The van der Waals surface area contributed by atoms with E-state index in [1.54, 1.807) is 12.3 Å². The molecule has 1 aromatic heterocycles. The number of nitrogens with two attached hydrogens (primary N) is 1. The van der Waals surface area contributed by atoms with E-state index < -0.39 is 0 Å². The van der Waals surface area contributed by atoms with Gasteiger partial charge in [0.2, 0.25) is 0 Å². The van der Waals surface area contributed by atoms with Crippen molar-refractivity contribution in [3.8, 4) is 0 Å². The predicted octanol–water partition coefficient (Wildman–Crippen LogP) is 2.59. The molecule has 0 fully saturated rings. The lowest BCUT2D eigenvalue weighted by Gasteiger charge is -2.16. The van der Waals surface area contributed by atoms with Crippen LogP contribution in [-0.4, -0.2) is 15.2 Å². The molecule has 2 rings (SSSR count). The van der Waals surface area contributed by atoms with Crippen molar-refractivity contribution in [2.24, 2.45) is 5.73 Å². The van der Waals surface area contributed by atoms with Crippen LogP contribution in [0, 0.1) is 6.92 Å². The predicted molar refractivity (Wildman–Crippen MR) is 81.1 cm³/mol. The van der Waals surface area contributed by atoms with Crippen molar-refractivity contribution in [3.63, 3.8) is 0 Å². The molecule has 1 unspecified atom stereocenters. The largest absolute Gasteiger partial charge is 0.389 e. The molecule has 4 nitrogen and oxygen atoms in total. The fourth-order valence-electron chi connectivity index (χ4n) is 1.78. The number of thiocarbonyl (C=S) groups is 1. The molecule has 0 bridgehead atoms. The molecule has 0 radical (unpaired) electrons. The van der Waals surface area contributed by atoms with Crippen LogP contribution in [0.25, 0.3) is 0 Å². The topological polar surface area (TPSA) is 63.8 Å². The van der Waals surface area contributed by atoms with Crippen LogP contribution in [0.1, 0.15) is 29.7 Å². The van der Waals surface area contributed by atoms with Crippen LogP contribution in [0.15, 0.2) is 36.5 Å². The van der Waals surface area contributed by atoms with Crippen molar-refractivity contribution in [1.29, 1.82) is 0 Å². The van der Waals surface area contributed by atoms with E-state index >= 15 is 0 Å². The van der Waals surface area contributed by atoms with Gasteiger partial charge in [-0.25, -0.2) is 0 Å². The van der Waals surface area contributed by atoms with Gasteiger partial charge in [0, 0.05) is 0 Å². The second kappa shape index (κ2) is 5.75. The summed E-state index contributed by atoms with van der Waals surface area (Å²) < 4.78 is 0. The Morgan fingerprint density at radius 2 is 1.95 bits per heavy atom. The minimum absolute atomic E-state index is 0.102. The van der Waals surface area contributed by atoms with Crippen molar-refractivity contribution in [1.82, 2.24) is 10.2 Å². The summed E-state index contributed by atoms with van der Waals surface area (Å²) in [5.41, 5.74) is 8.79. The summed E-state index contributed by atoms with van der Waals surface area (Å²) in [6.45, 7) is 4.12. The van der Waals surface area contributed by atoms with Crippen LogP contribution in [0.5, 0.6) is 0 Å². The van der Waals surface area contributed by atoms with Gasteiger partial charge in [0.15, 0.2) is 5.82 Å². The highest BCUT2D eigenvalue weighted by Gasteiger charge is 2.11. The average Bonchev–Trinajstić information content (AvgIpc) is 2.39. The first kappa shape index (κ1) is 13.4. The number of rotatable bonds is 4. The van der Waals surface area contributed by atoms with Crippen LogP contribution in [-0.2, 0) is 0 Å². The molecule has 1 atom stereocenters. The maximum absolute atomic E-state index is 5.67. The number of hydrogen-bond acceptors (Lipinski definition) is 4. The first-order chi connectivity index (χ1) is 9.08. The maximum atomic E-state index is 5.67.